The summed E-state index contributed by atoms with van der Waals surface area (Å²) < 4.78 is 0. The molecule has 1 aliphatic carbocycles. The first kappa shape index (κ1) is 36.2. The number of benzene rings is 8. The van der Waals surface area contributed by atoms with Gasteiger partial charge in [0.15, 0.2) is 0 Å². The van der Waals surface area contributed by atoms with Crippen LogP contribution in [0.4, 0.5) is 34.1 Å². The van der Waals surface area contributed by atoms with E-state index in [9.17, 15) is 0 Å². The van der Waals surface area contributed by atoms with Gasteiger partial charge in [-0.3, -0.25) is 0 Å². The summed E-state index contributed by atoms with van der Waals surface area (Å²) in [6, 6.07) is 73.2. The summed E-state index contributed by atoms with van der Waals surface area (Å²) in [5.74, 6) is 0. The van der Waals surface area contributed by atoms with E-state index in [0.29, 0.717) is 0 Å². The number of hydrogen-bond acceptors (Lipinski definition) is 2. The van der Waals surface area contributed by atoms with Crippen LogP contribution in [-0.4, -0.2) is 8.07 Å². The Morgan fingerprint density at radius 2 is 0.684 bits per heavy atom. The van der Waals surface area contributed by atoms with Crippen LogP contribution in [0, 0.1) is 0 Å². The first-order chi connectivity index (χ1) is 27.6. The highest BCUT2D eigenvalue weighted by molar-refractivity contribution is 6.88. The van der Waals surface area contributed by atoms with Crippen LogP contribution in [0.3, 0.4) is 0 Å². The smallest absolute Gasteiger partial charge is 0.0775 e. The second-order valence-electron chi connectivity index (χ2n) is 16.7. The van der Waals surface area contributed by atoms with E-state index in [1.54, 1.807) is 0 Å². The first-order valence-electron chi connectivity index (χ1n) is 20.0. The highest BCUT2D eigenvalue weighted by Gasteiger charge is 2.35. The Balaban J connectivity index is 0.973. The molecule has 1 aliphatic rings. The zero-order chi connectivity index (χ0) is 39.1. The van der Waals surface area contributed by atoms with Crippen LogP contribution in [0.25, 0.3) is 33.4 Å². The molecule has 3 heteroatoms. The van der Waals surface area contributed by atoms with Crippen LogP contribution in [-0.2, 0) is 5.41 Å². The second kappa shape index (κ2) is 14.6. The average molecular weight is 753 g/mol. The SMILES string of the molecule is CC1(C)c2ccccc2-c2ccc(N(c3ccccc3)c3ccc(-c4ccc(-c5ccc(N(c6ccccc6)c6ccc([Si](C)(C)C)cc6)cc5)cc4)cc3)cc21. The van der Waals surface area contributed by atoms with Crippen LogP contribution in [0.1, 0.15) is 25.0 Å². The van der Waals surface area contributed by atoms with E-state index in [1.807, 2.05) is 0 Å². The molecule has 0 heterocycles. The van der Waals surface area contributed by atoms with E-state index < -0.39 is 8.07 Å². The normalized spacial score (nSPS) is 12.8. The Kier molecular flexibility index (Phi) is 9.27. The Morgan fingerprint density at radius 3 is 1.16 bits per heavy atom. The number of para-hydroxylation sites is 2. The second-order valence-corrected chi connectivity index (χ2v) is 21.8. The molecule has 0 amide bonds. The molecule has 9 rings (SSSR count). The van der Waals surface area contributed by atoms with Gasteiger partial charge in [-0.05, 0) is 117 Å². The molecule has 0 saturated carbocycles. The van der Waals surface area contributed by atoms with E-state index >= 15 is 0 Å². The quantitative estimate of drug-likeness (QED) is 0.136. The third kappa shape index (κ3) is 6.89. The van der Waals surface area contributed by atoms with Crippen LogP contribution in [0.2, 0.25) is 19.6 Å². The van der Waals surface area contributed by atoms with E-state index in [1.165, 1.54) is 55.4 Å². The summed E-state index contributed by atoms with van der Waals surface area (Å²) in [7, 11) is -1.39. The summed E-state index contributed by atoms with van der Waals surface area (Å²) in [6.07, 6.45) is 0. The van der Waals surface area contributed by atoms with Gasteiger partial charge in [-0.1, -0.05) is 166 Å². The van der Waals surface area contributed by atoms with Crippen molar-refractivity contribution in [1.29, 1.82) is 0 Å². The summed E-state index contributed by atoms with van der Waals surface area (Å²) >= 11 is 0. The van der Waals surface area contributed by atoms with Gasteiger partial charge in [0.1, 0.15) is 0 Å². The van der Waals surface area contributed by atoms with Crippen molar-refractivity contribution in [3.8, 4) is 33.4 Å². The molecule has 0 aromatic heterocycles. The fourth-order valence-corrected chi connectivity index (χ4v) is 9.62. The van der Waals surface area contributed by atoms with Crippen molar-refractivity contribution in [2.75, 3.05) is 9.80 Å². The maximum Gasteiger partial charge on any atom is 0.0775 e. The fraction of sp³-hybridized carbons (Fsp3) is 0.111. The van der Waals surface area contributed by atoms with Crippen molar-refractivity contribution in [2.24, 2.45) is 0 Å². The van der Waals surface area contributed by atoms with Crippen molar-refractivity contribution >= 4 is 47.4 Å². The van der Waals surface area contributed by atoms with Gasteiger partial charge in [0, 0.05) is 39.5 Å². The van der Waals surface area contributed by atoms with Crippen molar-refractivity contribution in [3.63, 3.8) is 0 Å². The first-order valence-corrected chi connectivity index (χ1v) is 23.5. The molecule has 0 bridgehead atoms. The third-order valence-electron chi connectivity index (χ3n) is 11.6. The Labute approximate surface area is 339 Å². The summed E-state index contributed by atoms with van der Waals surface area (Å²) in [6.45, 7) is 11.9. The molecule has 0 N–H and O–H groups in total. The molecule has 0 spiro atoms. The third-order valence-corrected chi connectivity index (χ3v) is 13.7. The lowest BCUT2D eigenvalue weighted by atomic mass is 9.82. The molecule has 0 radical (unpaired) electrons. The molecule has 278 valence electrons. The van der Waals surface area contributed by atoms with E-state index in [0.717, 1.165) is 28.4 Å². The Hall–Kier alpha value is -6.42. The highest BCUT2D eigenvalue weighted by Crippen LogP contribution is 2.50. The molecular formula is C54H48N2Si. The van der Waals surface area contributed by atoms with Gasteiger partial charge in [0.05, 0.1) is 8.07 Å². The molecule has 0 saturated heterocycles. The number of hydrogen-bond donors (Lipinski definition) is 0. The maximum absolute atomic E-state index is 2.40. The lowest BCUT2D eigenvalue weighted by Crippen LogP contribution is -2.37. The van der Waals surface area contributed by atoms with Gasteiger partial charge < -0.3 is 9.80 Å². The number of rotatable bonds is 9. The predicted molar refractivity (Wildman–Crippen MR) is 247 cm³/mol. The van der Waals surface area contributed by atoms with Gasteiger partial charge in [-0.25, -0.2) is 0 Å². The molecule has 0 fully saturated rings. The largest absolute Gasteiger partial charge is 0.311 e. The highest BCUT2D eigenvalue weighted by atomic mass is 28.3. The summed E-state index contributed by atoms with van der Waals surface area (Å²) in [5, 5.41) is 1.47. The maximum atomic E-state index is 2.40. The van der Waals surface area contributed by atoms with Crippen LogP contribution in [0.15, 0.2) is 200 Å². The van der Waals surface area contributed by atoms with E-state index in [2.05, 4.69) is 243 Å². The van der Waals surface area contributed by atoms with Crippen LogP contribution >= 0.6 is 0 Å². The lowest BCUT2D eigenvalue weighted by Gasteiger charge is -2.28. The molecule has 2 nitrogen and oxygen atoms in total. The molecule has 8 aromatic rings. The van der Waals surface area contributed by atoms with Gasteiger partial charge in [-0.2, -0.15) is 0 Å². The van der Waals surface area contributed by atoms with Gasteiger partial charge >= 0.3 is 0 Å². The van der Waals surface area contributed by atoms with Gasteiger partial charge in [0.2, 0.25) is 0 Å². The molecule has 57 heavy (non-hydrogen) atoms. The molecule has 0 atom stereocenters. The number of fused-ring (bicyclic) bond motifs is 3. The minimum absolute atomic E-state index is 0.0646. The monoisotopic (exact) mass is 752 g/mol. The van der Waals surface area contributed by atoms with Crippen LogP contribution in [0.5, 0.6) is 0 Å². The van der Waals surface area contributed by atoms with Gasteiger partial charge in [-0.15, -0.1) is 0 Å². The van der Waals surface area contributed by atoms with Crippen molar-refractivity contribution in [2.45, 2.75) is 38.9 Å². The summed E-state index contributed by atoms with van der Waals surface area (Å²) in [5.41, 5.74) is 17.0. The zero-order valence-electron chi connectivity index (χ0n) is 33.4. The minimum Gasteiger partial charge on any atom is -0.311 e. The topological polar surface area (TPSA) is 6.48 Å². The molecule has 8 aromatic carbocycles. The minimum atomic E-state index is -1.39. The zero-order valence-corrected chi connectivity index (χ0v) is 34.4. The average Bonchev–Trinajstić information content (AvgIpc) is 3.48. The molecular weight excluding hydrogens is 705 g/mol. The molecule has 0 aliphatic heterocycles. The Bertz CT molecular complexity index is 2640. The van der Waals surface area contributed by atoms with E-state index in [-0.39, 0.29) is 5.41 Å². The lowest BCUT2D eigenvalue weighted by molar-refractivity contribution is 0.660. The number of nitrogens with zero attached hydrogens (tertiary/aromatic N) is 2. The van der Waals surface area contributed by atoms with E-state index in [4.69, 9.17) is 0 Å². The fourth-order valence-electron chi connectivity index (χ4n) is 8.45. The standard InChI is InChI=1S/C54H48N2Si/c1-54(2)52-19-13-12-18-50(52)51-37-34-48(38-53(51)54)56(44-16-10-7-11-17-44)46-30-26-42(27-31-46)40-22-20-39(21-23-40)41-24-28-45(29-25-41)55(43-14-8-6-9-15-43)47-32-35-49(36-33-47)57(3,4)5/h6-38H,1-5H3. The summed E-state index contributed by atoms with van der Waals surface area (Å²) in [4.78, 5) is 4.71. The molecule has 0 unspecified atom stereocenters. The van der Waals surface area contributed by atoms with Crippen molar-refractivity contribution in [1.82, 2.24) is 0 Å². The van der Waals surface area contributed by atoms with Crippen LogP contribution < -0.4 is 15.0 Å². The van der Waals surface area contributed by atoms with Crippen molar-refractivity contribution < 1.29 is 0 Å². The van der Waals surface area contributed by atoms with Gasteiger partial charge in [0.25, 0.3) is 0 Å². The Morgan fingerprint density at radius 1 is 0.333 bits per heavy atom. The number of anilines is 6. The van der Waals surface area contributed by atoms with Crippen molar-refractivity contribution in [3.05, 3.63) is 211 Å². The predicted octanol–water partition coefficient (Wildman–Crippen LogP) is 14.8.